The van der Waals surface area contributed by atoms with Gasteiger partial charge < -0.3 is 15.2 Å². The number of aliphatic hydroxyl groups is 1. The lowest BCUT2D eigenvalue weighted by molar-refractivity contribution is 0.0260. The normalized spacial score (nSPS) is 12.9. The molecule has 0 aliphatic heterocycles. The largest absolute Gasteiger partial charge is 0.389 e. The van der Waals surface area contributed by atoms with Gasteiger partial charge in [-0.3, -0.25) is 0 Å². The summed E-state index contributed by atoms with van der Waals surface area (Å²) in [7, 11) is 0. The van der Waals surface area contributed by atoms with Gasteiger partial charge in [0.25, 0.3) is 0 Å². The van der Waals surface area contributed by atoms with E-state index in [1.54, 1.807) is 0 Å². The third-order valence-corrected chi connectivity index (χ3v) is 3.17. The summed E-state index contributed by atoms with van der Waals surface area (Å²) in [5, 5.41) is 13.1. The van der Waals surface area contributed by atoms with Gasteiger partial charge in [-0.25, -0.2) is 0 Å². The third-order valence-electron chi connectivity index (χ3n) is 3.17. The van der Waals surface area contributed by atoms with Gasteiger partial charge in [-0.1, -0.05) is 32.0 Å². The van der Waals surface area contributed by atoms with Crippen LogP contribution in [0.3, 0.4) is 0 Å². The minimum Gasteiger partial charge on any atom is -0.389 e. The van der Waals surface area contributed by atoms with Crippen molar-refractivity contribution in [1.29, 1.82) is 0 Å². The number of aliphatic hydroxyl groups excluding tert-OH is 1. The standard InChI is InChI=1S/C16H27NO2/c1-12(2)10-19-11-16(18)9-17-8-15-7-5-6-13(3)14(15)4/h5-7,12,16-18H,8-11H2,1-4H3. The van der Waals surface area contributed by atoms with E-state index in [0.717, 1.165) is 6.54 Å². The molecule has 0 fully saturated rings. The Bertz CT molecular complexity index is 377. The highest BCUT2D eigenvalue weighted by molar-refractivity contribution is 5.32. The SMILES string of the molecule is Cc1cccc(CNCC(O)COCC(C)C)c1C. The Labute approximate surface area is 117 Å². The molecule has 1 unspecified atom stereocenters. The number of ether oxygens (including phenoxy) is 1. The van der Waals surface area contributed by atoms with E-state index in [1.807, 2.05) is 0 Å². The summed E-state index contributed by atoms with van der Waals surface area (Å²) < 4.78 is 5.41. The Morgan fingerprint density at radius 2 is 1.95 bits per heavy atom. The maximum absolute atomic E-state index is 9.78. The highest BCUT2D eigenvalue weighted by atomic mass is 16.5. The highest BCUT2D eigenvalue weighted by Crippen LogP contribution is 2.12. The van der Waals surface area contributed by atoms with Crippen LogP contribution < -0.4 is 5.32 Å². The van der Waals surface area contributed by atoms with E-state index in [9.17, 15) is 5.11 Å². The molecule has 3 heteroatoms. The first-order chi connectivity index (χ1) is 9.00. The van der Waals surface area contributed by atoms with Gasteiger partial charge in [-0.2, -0.15) is 0 Å². The number of benzene rings is 1. The Hall–Kier alpha value is -0.900. The zero-order valence-electron chi connectivity index (χ0n) is 12.6. The zero-order valence-corrected chi connectivity index (χ0v) is 12.6. The number of aryl methyl sites for hydroxylation is 1. The van der Waals surface area contributed by atoms with Gasteiger partial charge >= 0.3 is 0 Å². The van der Waals surface area contributed by atoms with E-state index < -0.39 is 6.10 Å². The Morgan fingerprint density at radius 1 is 1.21 bits per heavy atom. The van der Waals surface area contributed by atoms with E-state index in [-0.39, 0.29) is 0 Å². The number of rotatable bonds is 8. The van der Waals surface area contributed by atoms with Gasteiger partial charge in [-0.05, 0) is 36.5 Å². The third kappa shape index (κ3) is 6.19. The molecular weight excluding hydrogens is 238 g/mol. The molecule has 1 rings (SSSR count). The summed E-state index contributed by atoms with van der Waals surface area (Å²) in [4.78, 5) is 0. The van der Waals surface area contributed by atoms with Crippen LogP contribution in [0.5, 0.6) is 0 Å². The molecule has 0 bridgehead atoms. The summed E-state index contributed by atoms with van der Waals surface area (Å²) >= 11 is 0. The van der Waals surface area contributed by atoms with E-state index >= 15 is 0 Å². The molecule has 2 N–H and O–H groups in total. The zero-order chi connectivity index (χ0) is 14.3. The van der Waals surface area contributed by atoms with Crippen LogP contribution in [0.25, 0.3) is 0 Å². The number of nitrogens with one attached hydrogen (secondary N) is 1. The topological polar surface area (TPSA) is 41.5 Å². The molecule has 0 amide bonds. The molecule has 1 aromatic carbocycles. The molecule has 0 saturated carbocycles. The maximum atomic E-state index is 9.78. The van der Waals surface area contributed by atoms with Gasteiger partial charge in [0.15, 0.2) is 0 Å². The summed E-state index contributed by atoms with van der Waals surface area (Å²) in [6, 6.07) is 6.31. The average molecular weight is 265 g/mol. The summed E-state index contributed by atoms with van der Waals surface area (Å²) in [6.07, 6.45) is -0.441. The molecule has 0 spiro atoms. The van der Waals surface area contributed by atoms with Crippen LogP contribution in [-0.4, -0.2) is 31.0 Å². The second kappa shape index (κ2) is 8.31. The van der Waals surface area contributed by atoms with Crippen molar-refractivity contribution in [2.24, 2.45) is 5.92 Å². The minimum atomic E-state index is -0.441. The smallest absolute Gasteiger partial charge is 0.0897 e. The van der Waals surface area contributed by atoms with Crippen LogP contribution in [0.2, 0.25) is 0 Å². The van der Waals surface area contributed by atoms with Crippen molar-refractivity contribution in [2.75, 3.05) is 19.8 Å². The second-order valence-corrected chi connectivity index (χ2v) is 5.58. The molecule has 0 aromatic heterocycles. The molecule has 0 saturated heterocycles. The average Bonchev–Trinajstić information content (AvgIpc) is 2.34. The van der Waals surface area contributed by atoms with Crippen LogP contribution in [0.1, 0.15) is 30.5 Å². The first-order valence-electron chi connectivity index (χ1n) is 7.02. The Kier molecular flexibility index (Phi) is 7.06. The first kappa shape index (κ1) is 16.2. The minimum absolute atomic E-state index is 0.401. The lowest BCUT2D eigenvalue weighted by Crippen LogP contribution is -2.30. The van der Waals surface area contributed by atoms with Crippen molar-refractivity contribution in [3.63, 3.8) is 0 Å². The van der Waals surface area contributed by atoms with Crippen molar-refractivity contribution in [3.8, 4) is 0 Å². The summed E-state index contributed by atoms with van der Waals surface area (Å²) in [6.45, 7) is 10.9. The Balaban J connectivity index is 2.24. The van der Waals surface area contributed by atoms with Gasteiger partial charge in [0.2, 0.25) is 0 Å². The van der Waals surface area contributed by atoms with E-state index in [1.165, 1.54) is 16.7 Å². The van der Waals surface area contributed by atoms with Gasteiger partial charge in [0, 0.05) is 19.7 Å². The second-order valence-electron chi connectivity index (χ2n) is 5.58. The van der Waals surface area contributed by atoms with Crippen molar-refractivity contribution in [1.82, 2.24) is 5.32 Å². The number of hydrogen-bond donors (Lipinski definition) is 2. The van der Waals surface area contributed by atoms with Crippen molar-refractivity contribution >= 4 is 0 Å². The molecule has 108 valence electrons. The fourth-order valence-corrected chi connectivity index (χ4v) is 1.88. The van der Waals surface area contributed by atoms with Gasteiger partial charge in [0.05, 0.1) is 12.7 Å². The number of hydrogen-bond acceptors (Lipinski definition) is 3. The maximum Gasteiger partial charge on any atom is 0.0897 e. The van der Waals surface area contributed by atoms with Crippen LogP contribution in [0.4, 0.5) is 0 Å². The fraction of sp³-hybridized carbons (Fsp3) is 0.625. The van der Waals surface area contributed by atoms with Gasteiger partial charge in [-0.15, -0.1) is 0 Å². The van der Waals surface area contributed by atoms with Crippen molar-refractivity contribution in [2.45, 2.75) is 40.3 Å². The monoisotopic (exact) mass is 265 g/mol. The summed E-state index contributed by atoms with van der Waals surface area (Å²) in [5.74, 6) is 0.509. The molecule has 0 aliphatic carbocycles. The quantitative estimate of drug-likeness (QED) is 0.758. The lowest BCUT2D eigenvalue weighted by Gasteiger charge is -2.14. The van der Waals surface area contributed by atoms with E-state index in [4.69, 9.17) is 4.74 Å². The van der Waals surface area contributed by atoms with Crippen LogP contribution >= 0.6 is 0 Å². The predicted molar refractivity (Wildman–Crippen MR) is 79.3 cm³/mol. The molecular formula is C16H27NO2. The fourth-order valence-electron chi connectivity index (χ4n) is 1.88. The van der Waals surface area contributed by atoms with Crippen LogP contribution in [-0.2, 0) is 11.3 Å². The lowest BCUT2D eigenvalue weighted by atomic mass is 10.0. The van der Waals surface area contributed by atoms with Crippen molar-refractivity contribution < 1.29 is 9.84 Å². The molecule has 0 radical (unpaired) electrons. The highest BCUT2D eigenvalue weighted by Gasteiger charge is 2.06. The van der Waals surface area contributed by atoms with E-state index in [2.05, 4.69) is 51.2 Å². The van der Waals surface area contributed by atoms with Gasteiger partial charge in [0.1, 0.15) is 0 Å². The molecule has 1 aromatic rings. The summed E-state index contributed by atoms with van der Waals surface area (Å²) in [5.41, 5.74) is 3.91. The molecule has 0 aliphatic rings. The molecule has 1 atom stereocenters. The molecule has 3 nitrogen and oxygen atoms in total. The van der Waals surface area contributed by atoms with E-state index in [0.29, 0.717) is 25.7 Å². The van der Waals surface area contributed by atoms with Crippen LogP contribution in [0, 0.1) is 19.8 Å². The molecule has 0 heterocycles. The first-order valence-corrected chi connectivity index (χ1v) is 7.02. The van der Waals surface area contributed by atoms with Crippen LogP contribution in [0.15, 0.2) is 18.2 Å². The predicted octanol–water partition coefficient (Wildman–Crippen LogP) is 2.43. The molecule has 19 heavy (non-hydrogen) atoms. The van der Waals surface area contributed by atoms with Crippen molar-refractivity contribution in [3.05, 3.63) is 34.9 Å². The Morgan fingerprint density at radius 3 is 2.63 bits per heavy atom.